The fraction of sp³-hybridized carbons (Fsp3) is 0.158. The number of benzene rings is 2. The lowest BCUT2D eigenvalue weighted by molar-refractivity contribution is -0.113. The van der Waals surface area contributed by atoms with Crippen molar-refractivity contribution in [1.82, 2.24) is 10.2 Å². The molecule has 1 aromatic heterocycles. The van der Waals surface area contributed by atoms with Crippen LogP contribution in [-0.2, 0) is 4.79 Å². The van der Waals surface area contributed by atoms with Gasteiger partial charge in [-0.15, -0.1) is 10.2 Å². The van der Waals surface area contributed by atoms with Gasteiger partial charge >= 0.3 is 5.97 Å². The maximum atomic E-state index is 12.1. The minimum absolute atomic E-state index is 0.150. The molecule has 1 heterocycles. The molecule has 8 nitrogen and oxygen atoms in total. The summed E-state index contributed by atoms with van der Waals surface area (Å²) >= 11 is 2.63. The minimum Gasteiger partial charge on any atom is -0.497 e. The van der Waals surface area contributed by atoms with Gasteiger partial charge in [-0.25, -0.2) is 4.79 Å². The maximum Gasteiger partial charge on any atom is 0.335 e. The standard InChI is InChI=1S/C19H17N3O5S2/c1-26-14-7-12(8-15(9-14)27-2)17-21-22-19(29-17)28-10-16(23)20-13-5-3-11(4-6-13)18(24)25/h3-9H,10H2,1-2H3,(H,20,23)(H,24,25). The predicted molar refractivity (Wildman–Crippen MR) is 111 cm³/mol. The van der Waals surface area contributed by atoms with Crippen LogP contribution in [0.5, 0.6) is 11.5 Å². The predicted octanol–water partition coefficient (Wildman–Crippen LogP) is 3.65. The molecule has 2 N–H and O–H groups in total. The van der Waals surface area contributed by atoms with Crippen molar-refractivity contribution in [3.8, 4) is 22.1 Å². The molecule has 0 radical (unpaired) electrons. The smallest absolute Gasteiger partial charge is 0.335 e. The molecule has 0 aliphatic rings. The normalized spacial score (nSPS) is 10.4. The van der Waals surface area contributed by atoms with Gasteiger partial charge in [-0.1, -0.05) is 23.1 Å². The summed E-state index contributed by atoms with van der Waals surface area (Å²) in [4.78, 5) is 23.0. The van der Waals surface area contributed by atoms with Gasteiger partial charge in [0.1, 0.15) is 16.5 Å². The van der Waals surface area contributed by atoms with Crippen LogP contribution >= 0.6 is 23.1 Å². The second-order valence-corrected chi connectivity index (χ2v) is 7.89. The van der Waals surface area contributed by atoms with E-state index in [9.17, 15) is 9.59 Å². The van der Waals surface area contributed by atoms with Gasteiger partial charge in [0, 0.05) is 17.3 Å². The first-order valence-electron chi connectivity index (χ1n) is 8.31. The quantitative estimate of drug-likeness (QED) is 0.520. The van der Waals surface area contributed by atoms with Crippen molar-refractivity contribution in [2.24, 2.45) is 0 Å². The first kappa shape index (κ1) is 20.6. The number of rotatable bonds is 8. The molecule has 0 saturated heterocycles. The summed E-state index contributed by atoms with van der Waals surface area (Å²) in [6.45, 7) is 0. The van der Waals surface area contributed by atoms with E-state index < -0.39 is 5.97 Å². The minimum atomic E-state index is -1.01. The summed E-state index contributed by atoms with van der Waals surface area (Å²) in [5.41, 5.74) is 1.50. The molecule has 1 amide bonds. The Balaban J connectivity index is 1.60. The molecule has 0 spiro atoms. The first-order valence-corrected chi connectivity index (χ1v) is 10.1. The molecule has 150 valence electrons. The largest absolute Gasteiger partial charge is 0.497 e. The molecular weight excluding hydrogens is 414 g/mol. The van der Waals surface area contributed by atoms with Crippen molar-refractivity contribution in [3.63, 3.8) is 0 Å². The SMILES string of the molecule is COc1cc(OC)cc(-c2nnc(SCC(=O)Nc3ccc(C(=O)O)cc3)s2)c1. The van der Waals surface area contributed by atoms with Crippen LogP contribution in [0.3, 0.4) is 0 Å². The van der Waals surface area contributed by atoms with Crippen LogP contribution in [0.2, 0.25) is 0 Å². The number of carbonyl (C=O) groups is 2. The van der Waals surface area contributed by atoms with E-state index >= 15 is 0 Å². The Morgan fingerprint density at radius 1 is 1.07 bits per heavy atom. The van der Waals surface area contributed by atoms with Gasteiger partial charge in [-0.05, 0) is 36.4 Å². The summed E-state index contributed by atoms with van der Waals surface area (Å²) < 4.78 is 11.2. The fourth-order valence-corrected chi connectivity index (χ4v) is 3.98. The summed E-state index contributed by atoms with van der Waals surface area (Å²) in [5.74, 6) is 0.211. The number of amides is 1. The number of anilines is 1. The number of hydrogen-bond acceptors (Lipinski definition) is 8. The molecule has 0 aliphatic heterocycles. The Bertz CT molecular complexity index is 999. The highest BCUT2D eigenvalue weighted by atomic mass is 32.2. The van der Waals surface area contributed by atoms with E-state index in [0.29, 0.717) is 26.5 Å². The highest BCUT2D eigenvalue weighted by molar-refractivity contribution is 8.01. The first-order chi connectivity index (χ1) is 14.0. The van der Waals surface area contributed by atoms with Crippen molar-refractivity contribution in [3.05, 3.63) is 48.0 Å². The van der Waals surface area contributed by atoms with Crippen molar-refractivity contribution in [2.45, 2.75) is 4.34 Å². The van der Waals surface area contributed by atoms with E-state index in [1.54, 1.807) is 32.4 Å². The number of thioether (sulfide) groups is 1. The van der Waals surface area contributed by atoms with Gasteiger partial charge in [-0.2, -0.15) is 0 Å². The second kappa shape index (κ2) is 9.39. The number of carboxylic acid groups (broad SMARTS) is 1. The number of ether oxygens (including phenoxy) is 2. The number of aromatic nitrogens is 2. The average molecular weight is 431 g/mol. The number of nitrogens with one attached hydrogen (secondary N) is 1. The molecule has 2 aromatic carbocycles. The average Bonchev–Trinajstić information content (AvgIpc) is 3.21. The molecule has 0 unspecified atom stereocenters. The Labute approximate surface area is 174 Å². The number of carboxylic acids is 1. The van der Waals surface area contributed by atoms with E-state index in [2.05, 4.69) is 15.5 Å². The third-order valence-electron chi connectivity index (χ3n) is 3.75. The number of hydrogen-bond donors (Lipinski definition) is 2. The van der Waals surface area contributed by atoms with E-state index in [1.165, 1.54) is 35.2 Å². The van der Waals surface area contributed by atoms with Crippen LogP contribution in [0, 0.1) is 0 Å². The third-order valence-corrected chi connectivity index (χ3v) is 5.85. The fourth-order valence-electron chi connectivity index (χ4n) is 2.34. The summed E-state index contributed by atoms with van der Waals surface area (Å²) in [6, 6.07) is 11.4. The van der Waals surface area contributed by atoms with E-state index in [0.717, 1.165) is 5.56 Å². The zero-order valence-electron chi connectivity index (χ0n) is 15.5. The lowest BCUT2D eigenvalue weighted by atomic mass is 10.2. The summed E-state index contributed by atoms with van der Waals surface area (Å²) in [7, 11) is 3.15. The topological polar surface area (TPSA) is 111 Å². The van der Waals surface area contributed by atoms with E-state index in [4.69, 9.17) is 14.6 Å². The van der Waals surface area contributed by atoms with Crippen molar-refractivity contribution < 1.29 is 24.2 Å². The van der Waals surface area contributed by atoms with E-state index in [-0.39, 0.29) is 17.2 Å². The Morgan fingerprint density at radius 3 is 2.31 bits per heavy atom. The van der Waals surface area contributed by atoms with Gasteiger partial charge < -0.3 is 19.9 Å². The van der Waals surface area contributed by atoms with Crippen LogP contribution in [0.4, 0.5) is 5.69 Å². The monoisotopic (exact) mass is 431 g/mol. The van der Waals surface area contributed by atoms with Gasteiger partial charge in [0.25, 0.3) is 0 Å². The lowest BCUT2D eigenvalue weighted by Crippen LogP contribution is -2.14. The molecule has 10 heteroatoms. The Hall–Kier alpha value is -3.11. The number of methoxy groups -OCH3 is 2. The summed E-state index contributed by atoms with van der Waals surface area (Å²) in [6.07, 6.45) is 0. The molecule has 29 heavy (non-hydrogen) atoms. The third kappa shape index (κ3) is 5.46. The van der Waals surface area contributed by atoms with Crippen molar-refractivity contribution in [2.75, 3.05) is 25.3 Å². The van der Waals surface area contributed by atoms with Gasteiger partial charge in [0.2, 0.25) is 5.91 Å². The van der Waals surface area contributed by atoms with Gasteiger partial charge in [0.15, 0.2) is 4.34 Å². The molecule has 3 rings (SSSR count). The summed E-state index contributed by atoms with van der Waals surface area (Å²) in [5, 5.41) is 20.6. The van der Waals surface area contributed by atoms with Crippen LogP contribution in [0.1, 0.15) is 10.4 Å². The van der Waals surface area contributed by atoms with Crippen LogP contribution in [-0.4, -0.2) is 47.2 Å². The zero-order valence-corrected chi connectivity index (χ0v) is 17.2. The molecule has 0 aliphatic carbocycles. The Kier molecular flexibility index (Phi) is 6.68. The van der Waals surface area contributed by atoms with Gasteiger partial charge in [0.05, 0.1) is 25.5 Å². The molecule has 3 aromatic rings. The molecule has 0 saturated carbocycles. The van der Waals surface area contributed by atoms with Crippen molar-refractivity contribution >= 4 is 40.7 Å². The lowest BCUT2D eigenvalue weighted by Gasteiger charge is -2.06. The Morgan fingerprint density at radius 2 is 1.72 bits per heavy atom. The van der Waals surface area contributed by atoms with Crippen molar-refractivity contribution in [1.29, 1.82) is 0 Å². The van der Waals surface area contributed by atoms with Crippen LogP contribution in [0.15, 0.2) is 46.8 Å². The highest BCUT2D eigenvalue weighted by Crippen LogP contribution is 2.34. The van der Waals surface area contributed by atoms with E-state index in [1.807, 2.05) is 12.1 Å². The maximum absolute atomic E-state index is 12.1. The molecule has 0 fully saturated rings. The number of nitrogens with zero attached hydrogens (tertiary/aromatic N) is 2. The van der Waals surface area contributed by atoms with Gasteiger partial charge in [-0.3, -0.25) is 4.79 Å². The highest BCUT2D eigenvalue weighted by Gasteiger charge is 2.12. The molecule has 0 atom stereocenters. The molecular formula is C19H17N3O5S2. The molecule has 0 bridgehead atoms. The second-order valence-electron chi connectivity index (χ2n) is 5.69. The number of aromatic carboxylic acids is 1. The van der Waals surface area contributed by atoms with Crippen LogP contribution in [0.25, 0.3) is 10.6 Å². The number of carbonyl (C=O) groups excluding carboxylic acids is 1. The zero-order chi connectivity index (χ0) is 20.8. The van der Waals surface area contributed by atoms with Crippen LogP contribution < -0.4 is 14.8 Å².